The van der Waals surface area contributed by atoms with E-state index in [1.54, 1.807) is 0 Å². The predicted molar refractivity (Wildman–Crippen MR) is 80.2 cm³/mol. The highest BCUT2D eigenvalue weighted by Gasteiger charge is 2.48. The van der Waals surface area contributed by atoms with E-state index in [9.17, 15) is 4.79 Å². The fraction of sp³-hybridized carbons (Fsp3) is 0.588. The number of nitrogens with two attached hydrogens (primary N) is 1. The highest BCUT2D eigenvalue weighted by atomic mass is 16.1. The first-order chi connectivity index (χ1) is 9.65. The van der Waals surface area contributed by atoms with Gasteiger partial charge in [-0.05, 0) is 50.0 Å². The zero-order valence-electron chi connectivity index (χ0n) is 12.1. The molecule has 2 saturated carbocycles. The van der Waals surface area contributed by atoms with Crippen LogP contribution in [0.4, 0.5) is 0 Å². The molecule has 2 fully saturated rings. The van der Waals surface area contributed by atoms with Crippen molar-refractivity contribution in [2.24, 2.45) is 23.5 Å². The molecule has 1 aromatic carbocycles. The number of nitrogens with one attached hydrogen (secondary N) is 1. The van der Waals surface area contributed by atoms with Gasteiger partial charge in [0.15, 0.2) is 0 Å². The summed E-state index contributed by atoms with van der Waals surface area (Å²) in [6, 6.07) is 8.58. The molecular weight excluding hydrogens is 248 g/mol. The molecule has 0 aromatic heterocycles. The molecule has 0 radical (unpaired) electrons. The van der Waals surface area contributed by atoms with Crippen LogP contribution in [0.15, 0.2) is 24.3 Å². The summed E-state index contributed by atoms with van der Waals surface area (Å²) in [7, 11) is 0. The molecule has 0 heterocycles. The maximum atomic E-state index is 12.3. The van der Waals surface area contributed by atoms with Gasteiger partial charge in [0.25, 0.3) is 0 Å². The molecule has 3 rings (SSSR count). The van der Waals surface area contributed by atoms with E-state index < -0.39 is 0 Å². The Balaban J connectivity index is 1.49. The van der Waals surface area contributed by atoms with Gasteiger partial charge in [0.2, 0.25) is 5.91 Å². The molecule has 2 bridgehead atoms. The minimum absolute atomic E-state index is 0.0618. The molecule has 2 aliphatic carbocycles. The summed E-state index contributed by atoms with van der Waals surface area (Å²) in [5, 5.41) is 3.08. The van der Waals surface area contributed by atoms with Crippen molar-refractivity contribution in [1.82, 2.24) is 5.32 Å². The summed E-state index contributed by atoms with van der Waals surface area (Å²) in [4.78, 5) is 12.3. The second kappa shape index (κ2) is 5.57. The van der Waals surface area contributed by atoms with E-state index in [1.807, 2.05) is 0 Å². The third kappa shape index (κ3) is 2.59. The number of hydrogen-bond acceptors (Lipinski definition) is 2. The average molecular weight is 272 g/mol. The van der Waals surface area contributed by atoms with Crippen LogP contribution in [0.25, 0.3) is 0 Å². The van der Waals surface area contributed by atoms with Crippen LogP contribution in [0.5, 0.6) is 0 Å². The summed E-state index contributed by atoms with van der Waals surface area (Å²) in [5.74, 6) is 1.37. The van der Waals surface area contributed by atoms with Crippen LogP contribution in [0, 0.1) is 24.7 Å². The van der Waals surface area contributed by atoms with E-state index in [0.717, 1.165) is 12.8 Å². The van der Waals surface area contributed by atoms with Gasteiger partial charge >= 0.3 is 0 Å². The Morgan fingerprint density at radius 1 is 1.25 bits per heavy atom. The van der Waals surface area contributed by atoms with Crippen molar-refractivity contribution < 1.29 is 4.79 Å². The molecule has 0 aliphatic heterocycles. The maximum Gasteiger partial charge on any atom is 0.224 e. The molecule has 0 spiro atoms. The standard InChI is InChI=1S/C17H24N2O/c1-11-2-4-12(5-3-11)8-9-19-17(20)15-13-6-7-14(10-13)16(15)18/h2-5,13-16H,6-10,18H2,1H3,(H,19,20). The van der Waals surface area contributed by atoms with Crippen molar-refractivity contribution >= 4 is 5.91 Å². The van der Waals surface area contributed by atoms with Gasteiger partial charge in [0.1, 0.15) is 0 Å². The zero-order valence-corrected chi connectivity index (χ0v) is 12.1. The average Bonchev–Trinajstić information content (AvgIpc) is 3.01. The highest BCUT2D eigenvalue weighted by molar-refractivity contribution is 5.80. The zero-order chi connectivity index (χ0) is 14.1. The minimum Gasteiger partial charge on any atom is -0.355 e. The molecule has 20 heavy (non-hydrogen) atoms. The van der Waals surface area contributed by atoms with E-state index >= 15 is 0 Å². The number of rotatable bonds is 4. The summed E-state index contributed by atoms with van der Waals surface area (Å²) < 4.78 is 0. The van der Waals surface area contributed by atoms with Crippen LogP contribution in [0.1, 0.15) is 30.4 Å². The smallest absolute Gasteiger partial charge is 0.224 e. The molecule has 2 aliphatic rings. The van der Waals surface area contributed by atoms with E-state index in [0.29, 0.717) is 18.4 Å². The number of aryl methyl sites for hydroxylation is 1. The van der Waals surface area contributed by atoms with Crippen LogP contribution in [-0.2, 0) is 11.2 Å². The molecular formula is C17H24N2O. The third-order valence-corrected chi connectivity index (χ3v) is 5.12. The first kappa shape index (κ1) is 13.6. The second-order valence-corrected chi connectivity index (χ2v) is 6.46. The fourth-order valence-corrected chi connectivity index (χ4v) is 3.93. The van der Waals surface area contributed by atoms with Gasteiger partial charge in [-0.1, -0.05) is 29.8 Å². The van der Waals surface area contributed by atoms with Gasteiger partial charge < -0.3 is 11.1 Å². The summed E-state index contributed by atoms with van der Waals surface area (Å²) in [5.41, 5.74) is 8.74. The van der Waals surface area contributed by atoms with Gasteiger partial charge in [-0.25, -0.2) is 0 Å². The van der Waals surface area contributed by atoms with Gasteiger partial charge in [0.05, 0.1) is 5.92 Å². The quantitative estimate of drug-likeness (QED) is 0.881. The third-order valence-electron chi connectivity index (χ3n) is 5.12. The SMILES string of the molecule is Cc1ccc(CCNC(=O)C2C3CCC(C3)C2N)cc1. The Morgan fingerprint density at radius 2 is 1.95 bits per heavy atom. The molecule has 0 saturated heterocycles. The molecule has 4 atom stereocenters. The molecule has 1 amide bonds. The van der Waals surface area contributed by atoms with Gasteiger partial charge in [-0.15, -0.1) is 0 Å². The molecule has 1 aromatic rings. The number of benzene rings is 1. The summed E-state index contributed by atoms with van der Waals surface area (Å²) in [6.45, 7) is 2.80. The number of carbonyl (C=O) groups excluding carboxylic acids is 1. The second-order valence-electron chi connectivity index (χ2n) is 6.46. The van der Waals surface area contributed by atoms with Crippen LogP contribution >= 0.6 is 0 Å². The largest absolute Gasteiger partial charge is 0.355 e. The molecule has 3 N–H and O–H groups in total. The number of fused-ring (bicyclic) bond motifs is 2. The highest BCUT2D eigenvalue weighted by Crippen LogP contribution is 2.47. The van der Waals surface area contributed by atoms with Crippen molar-refractivity contribution in [3.63, 3.8) is 0 Å². The predicted octanol–water partition coefficient (Wildman–Crippen LogP) is 2.03. The van der Waals surface area contributed by atoms with Gasteiger partial charge in [-0.3, -0.25) is 4.79 Å². The van der Waals surface area contributed by atoms with Crippen molar-refractivity contribution in [2.45, 2.75) is 38.6 Å². The fourth-order valence-electron chi connectivity index (χ4n) is 3.93. The van der Waals surface area contributed by atoms with E-state index in [2.05, 4.69) is 36.5 Å². The van der Waals surface area contributed by atoms with Gasteiger partial charge in [-0.2, -0.15) is 0 Å². The Hall–Kier alpha value is -1.35. The van der Waals surface area contributed by atoms with Crippen molar-refractivity contribution in [3.05, 3.63) is 35.4 Å². The van der Waals surface area contributed by atoms with Crippen LogP contribution in [0.2, 0.25) is 0 Å². The topological polar surface area (TPSA) is 55.1 Å². The molecule has 4 unspecified atom stereocenters. The van der Waals surface area contributed by atoms with Crippen LogP contribution in [-0.4, -0.2) is 18.5 Å². The van der Waals surface area contributed by atoms with Crippen LogP contribution < -0.4 is 11.1 Å². The lowest BCUT2D eigenvalue weighted by molar-refractivity contribution is -0.127. The van der Waals surface area contributed by atoms with Gasteiger partial charge in [0, 0.05) is 12.6 Å². The molecule has 3 nitrogen and oxygen atoms in total. The molecule has 3 heteroatoms. The lowest BCUT2D eigenvalue weighted by atomic mass is 9.84. The maximum absolute atomic E-state index is 12.3. The van der Waals surface area contributed by atoms with E-state index in [-0.39, 0.29) is 17.9 Å². The Kier molecular flexibility index (Phi) is 3.79. The number of amides is 1. The first-order valence-corrected chi connectivity index (χ1v) is 7.74. The van der Waals surface area contributed by atoms with Crippen molar-refractivity contribution in [3.8, 4) is 0 Å². The number of carbonyl (C=O) groups is 1. The van der Waals surface area contributed by atoms with E-state index in [1.165, 1.54) is 24.0 Å². The summed E-state index contributed by atoms with van der Waals surface area (Å²) >= 11 is 0. The van der Waals surface area contributed by atoms with E-state index in [4.69, 9.17) is 5.73 Å². The van der Waals surface area contributed by atoms with Crippen molar-refractivity contribution in [2.75, 3.05) is 6.54 Å². The lowest BCUT2D eigenvalue weighted by Crippen LogP contribution is -2.45. The number of hydrogen-bond donors (Lipinski definition) is 2. The monoisotopic (exact) mass is 272 g/mol. The Morgan fingerprint density at radius 3 is 2.60 bits per heavy atom. The van der Waals surface area contributed by atoms with Crippen LogP contribution in [0.3, 0.4) is 0 Å². The minimum atomic E-state index is 0.0618. The Labute approximate surface area is 120 Å². The lowest BCUT2D eigenvalue weighted by Gasteiger charge is -2.27. The Bertz CT molecular complexity index is 480. The first-order valence-electron chi connectivity index (χ1n) is 7.74. The molecule has 108 valence electrons. The summed E-state index contributed by atoms with van der Waals surface area (Å²) in [6.07, 6.45) is 4.46. The normalized spacial score (nSPS) is 31.5. The van der Waals surface area contributed by atoms with Crippen molar-refractivity contribution in [1.29, 1.82) is 0 Å².